The molecule has 1 fully saturated rings. The summed E-state index contributed by atoms with van der Waals surface area (Å²) in [5.74, 6) is -0.176. The molecule has 3 aromatic carbocycles. The lowest BCUT2D eigenvalue weighted by Gasteiger charge is -2.33. The van der Waals surface area contributed by atoms with E-state index in [-0.39, 0.29) is 23.4 Å². The average molecular weight is 592 g/mol. The zero-order valence-electron chi connectivity index (χ0n) is 24.7. The number of anilines is 1. The highest BCUT2D eigenvalue weighted by atomic mass is 32.2. The average Bonchev–Trinajstić information content (AvgIpc) is 3.51. The topological polar surface area (TPSA) is 96.0 Å². The van der Waals surface area contributed by atoms with E-state index in [0.717, 1.165) is 41.1 Å². The standard InChI is InChI=1S/C33H41N3O5S/c1-4-31(33(38)34-27-13-8-9-14-27)35(22-21-26-11-6-5-7-12-26)32(37)24-36(28-15-10-16-29(23-28)41-3)42(39,40)30-19-17-25(2)18-20-30/h5-7,10-12,15-20,23,27,31H,4,8-9,13-14,21-22,24H2,1-3H3,(H,34,38)/t31-/m1/s1. The zero-order valence-corrected chi connectivity index (χ0v) is 25.5. The van der Waals surface area contributed by atoms with E-state index < -0.39 is 28.5 Å². The van der Waals surface area contributed by atoms with Gasteiger partial charge in [0.25, 0.3) is 10.0 Å². The van der Waals surface area contributed by atoms with Crippen LogP contribution in [0.4, 0.5) is 5.69 Å². The van der Waals surface area contributed by atoms with Crippen LogP contribution in [0.2, 0.25) is 0 Å². The summed E-state index contributed by atoms with van der Waals surface area (Å²) in [6.45, 7) is 3.57. The monoisotopic (exact) mass is 591 g/mol. The molecule has 1 saturated carbocycles. The highest BCUT2D eigenvalue weighted by Crippen LogP contribution is 2.28. The van der Waals surface area contributed by atoms with E-state index in [0.29, 0.717) is 24.3 Å². The molecule has 0 spiro atoms. The number of benzene rings is 3. The van der Waals surface area contributed by atoms with Gasteiger partial charge in [-0.3, -0.25) is 13.9 Å². The lowest BCUT2D eigenvalue weighted by atomic mass is 10.1. The highest BCUT2D eigenvalue weighted by molar-refractivity contribution is 7.92. The van der Waals surface area contributed by atoms with Crippen LogP contribution < -0.4 is 14.4 Å². The molecule has 8 nitrogen and oxygen atoms in total. The molecule has 2 amide bonds. The molecule has 0 saturated heterocycles. The fourth-order valence-electron chi connectivity index (χ4n) is 5.40. The molecule has 1 aliphatic carbocycles. The molecule has 4 rings (SSSR count). The van der Waals surface area contributed by atoms with Gasteiger partial charge in [-0.05, 0) is 62.4 Å². The lowest BCUT2D eigenvalue weighted by molar-refractivity contribution is -0.139. The van der Waals surface area contributed by atoms with Crippen molar-refractivity contribution in [1.82, 2.24) is 10.2 Å². The Morgan fingerprint density at radius 1 is 0.976 bits per heavy atom. The number of aryl methyl sites for hydroxylation is 1. The molecule has 0 aromatic heterocycles. The second-order valence-corrected chi connectivity index (χ2v) is 12.6. The van der Waals surface area contributed by atoms with E-state index in [1.165, 1.54) is 7.11 Å². The largest absolute Gasteiger partial charge is 0.497 e. The van der Waals surface area contributed by atoms with Crippen LogP contribution in [0.15, 0.2) is 83.8 Å². The quantitative estimate of drug-likeness (QED) is 0.298. The number of sulfonamides is 1. The molecule has 1 aliphatic rings. The molecule has 42 heavy (non-hydrogen) atoms. The molecular weight excluding hydrogens is 550 g/mol. The second kappa shape index (κ2) is 14.4. The van der Waals surface area contributed by atoms with Gasteiger partial charge in [0.15, 0.2) is 0 Å². The number of nitrogens with one attached hydrogen (secondary N) is 1. The van der Waals surface area contributed by atoms with Gasteiger partial charge in [-0.25, -0.2) is 8.42 Å². The van der Waals surface area contributed by atoms with E-state index >= 15 is 0 Å². The number of nitrogens with zero attached hydrogens (tertiary/aromatic N) is 2. The van der Waals surface area contributed by atoms with E-state index in [2.05, 4.69) is 5.32 Å². The summed E-state index contributed by atoms with van der Waals surface area (Å²) in [7, 11) is -2.63. The molecule has 0 heterocycles. The molecule has 0 bridgehead atoms. The van der Waals surface area contributed by atoms with Gasteiger partial charge in [0.1, 0.15) is 18.3 Å². The van der Waals surface area contributed by atoms with Crippen LogP contribution >= 0.6 is 0 Å². The molecule has 0 radical (unpaired) electrons. The van der Waals surface area contributed by atoms with Gasteiger partial charge in [0.05, 0.1) is 17.7 Å². The number of carbonyl (C=O) groups excluding carboxylic acids is 2. The minimum Gasteiger partial charge on any atom is -0.497 e. The van der Waals surface area contributed by atoms with Crippen LogP contribution in [0.1, 0.15) is 50.2 Å². The molecule has 224 valence electrons. The normalized spacial score (nSPS) is 14.3. The number of carbonyl (C=O) groups is 2. The molecule has 1 atom stereocenters. The Balaban J connectivity index is 1.68. The van der Waals surface area contributed by atoms with Crippen molar-refractivity contribution < 1.29 is 22.7 Å². The summed E-state index contributed by atoms with van der Waals surface area (Å²) in [5.41, 5.74) is 2.25. The van der Waals surface area contributed by atoms with Crippen LogP contribution in [0, 0.1) is 6.92 Å². The van der Waals surface area contributed by atoms with Gasteiger partial charge in [0, 0.05) is 18.7 Å². The van der Waals surface area contributed by atoms with Crippen molar-refractivity contribution in [3.05, 3.63) is 90.0 Å². The van der Waals surface area contributed by atoms with Gasteiger partial charge in [-0.15, -0.1) is 0 Å². The molecule has 0 unspecified atom stereocenters. The number of hydrogen-bond acceptors (Lipinski definition) is 5. The van der Waals surface area contributed by atoms with Gasteiger partial charge in [0.2, 0.25) is 11.8 Å². The molecule has 9 heteroatoms. The first-order chi connectivity index (χ1) is 20.2. The summed E-state index contributed by atoms with van der Waals surface area (Å²) in [4.78, 5) is 29.3. The smallest absolute Gasteiger partial charge is 0.264 e. The fourth-order valence-corrected chi connectivity index (χ4v) is 6.80. The summed E-state index contributed by atoms with van der Waals surface area (Å²) in [5, 5.41) is 3.14. The second-order valence-electron chi connectivity index (χ2n) is 10.8. The summed E-state index contributed by atoms with van der Waals surface area (Å²) < 4.78 is 34.5. The van der Waals surface area contributed by atoms with Gasteiger partial charge >= 0.3 is 0 Å². The molecule has 3 aromatic rings. The fraction of sp³-hybridized carbons (Fsp3) is 0.394. The van der Waals surface area contributed by atoms with Crippen LogP contribution in [0.25, 0.3) is 0 Å². The van der Waals surface area contributed by atoms with Gasteiger partial charge < -0.3 is 15.0 Å². The third-order valence-corrected chi connectivity index (χ3v) is 9.59. The Bertz CT molecular complexity index is 1440. The molecular formula is C33H41N3O5S. The Labute approximate surface area is 249 Å². The Kier molecular flexibility index (Phi) is 10.6. The first-order valence-electron chi connectivity index (χ1n) is 14.6. The van der Waals surface area contributed by atoms with Crippen molar-refractivity contribution in [3.63, 3.8) is 0 Å². The van der Waals surface area contributed by atoms with Crippen molar-refractivity contribution in [2.45, 2.75) is 69.4 Å². The highest BCUT2D eigenvalue weighted by Gasteiger charge is 2.34. The first kappa shape index (κ1) is 31.1. The van der Waals surface area contributed by atoms with E-state index in [1.54, 1.807) is 53.4 Å². The minimum atomic E-state index is -4.13. The van der Waals surface area contributed by atoms with E-state index in [1.807, 2.05) is 44.2 Å². The molecule has 1 N–H and O–H groups in total. The lowest BCUT2D eigenvalue weighted by Crippen LogP contribution is -2.54. The maximum atomic E-state index is 14.2. The van der Waals surface area contributed by atoms with E-state index in [4.69, 9.17) is 4.74 Å². The predicted molar refractivity (Wildman–Crippen MR) is 165 cm³/mol. The number of methoxy groups -OCH3 is 1. The van der Waals surface area contributed by atoms with Crippen LogP contribution in [-0.4, -0.2) is 57.4 Å². The first-order valence-corrected chi connectivity index (χ1v) is 16.0. The maximum absolute atomic E-state index is 14.2. The van der Waals surface area contributed by atoms with Crippen molar-refractivity contribution in [1.29, 1.82) is 0 Å². The van der Waals surface area contributed by atoms with E-state index in [9.17, 15) is 18.0 Å². The van der Waals surface area contributed by atoms with Gasteiger partial charge in [-0.2, -0.15) is 0 Å². The molecule has 0 aliphatic heterocycles. The van der Waals surface area contributed by atoms with Crippen molar-refractivity contribution >= 4 is 27.5 Å². The Hall–Kier alpha value is -3.85. The summed E-state index contributed by atoms with van der Waals surface area (Å²) in [6, 6.07) is 22.3. The number of amides is 2. The number of rotatable bonds is 13. The number of hydrogen-bond donors (Lipinski definition) is 1. The Morgan fingerprint density at radius 2 is 1.67 bits per heavy atom. The maximum Gasteiger partial charge on any atom is 0.264 e. The van der Waals surface area contributed by atoms with Crippen LogP contribution in [0.3, 0.4) is 0 Å². The number of ether oxygens (including phenoxy) is 1. The van der Waals surface area contributed by atoms with Crippen LogP contribution in [0.5, 0.6) is 5.75 Å². The summed E-state index contributed by atoms with van der Waals surface area (Å²) in [6.07, 6.45) is 4.94. The van der Waals surface area contributed by atoms with Crippen molar-refractivity contribution in [3.8, 4) is 5.75 Å². The SMILES string of the molecule is CC[C@H](C(=O)NC1CCCC1)N(CCc1ccccc1)C(=O)CN(c1cccc(OC)c1)S(=O)(=O)c1ccc(C)cc1. The van der Waals surface area contributed by atoms with Crippen molar-refractivity contribution in [2.75, 3.05) is 24.5 Å². The van der Waals surface area contributed by atoms with Crippen molar-refractivity contribution in [2.24, 2.45) is 0 Å². The third kappa shape index (κ3) is 7.70. The Morgan fingerprint density at radius 3 is 2.31 bits per heavy atom. The van der Waals surface area contributed by atoms with Gasteiger partial charge in [-0.1, -0.05) is 73.9 Å². The summed E-state index contributed by atoms with van der Waals surface area (Å²) >= 11 is 0. The minimum absolute atomic E-state index is 0.0746. The predicted octanol–water partition coefficient (Wildman–Crippen LogP) is 5.11. The third-order valence-electron chi connectivity index (χ3n) is 7.80. The zero-order chi connectivity index (χ0) is 30.1. The van der Waals surface area contributed by atoms with Crippen LogP contribution in [-0.2, 0) is 26.0 Å².